The Morgan fingerprint density at radius 3 is 2.38 bits per heavy atom. The van der Waals surface area contributed by atoms with Crippen molar-refractivity contribution in [3.63, 3.8) is 0 Å². The van der Waals surface area contributed by atoms with Crippen LogP contribution in [0.15, 0.2) is 29.2 Å². The minimum Gasteiger partial charge on any atom is -0.330 e. The molecule has 0 heterocycles. The molecule has 4 N–H and O–H groups in total. The van der Waals surface area contributed by atoms with E-state index in [1.165, 1.54) is 0 Å². The molecule has 0 saturated carbocycles. The predicted octanol–water partition coefficient (Wildman–Crippen LogP) is 1.71. The third-order valence-corrected chi connectivity index (χ3v) is 2.34. The van der Waals surface area contributed by atoms with Gasteiger partial charge in [0.25, 0.3) is 0 Å². The Bertz CT molecular complexity index is 246. The van der Waals surface area contributed by atoms with Crippen LogP contribution in [0.1, 0.15) is 24.4 Å². The molecule has 1 atom stereocenters. The van der Waals surface area contributed by atoms with Gasteiger partial charge in [-0.3, -0.25) is 0 Å². The minimum absolute atomic E-state index is 0.109. The van der Waals surface area contributed by atoms with E-state index in [4.69, 9.17) is 11.5 Å². The monoisotopic (exact) mass is 196 g/mol. The van der Waals surface area contributed by atoms with Crippen LogP contribution in [0.3, 0.4) is 0 Å². The molecule has 2 nitrogen and oxygen atoms in total. The fourth-order valence-corrected chi connectivity index (χ4v) is 1.38. The maximum atomic E-state index is 5.95. The average molecular weight is 196 g/mol. The number of hydrogen-bond donors (Lipinski definition) is 3. The summed E-state index contributed by atoms with van der Waals surface area (Å²) in [5, 5.41) is 0. The zero-order chi connectivity index (χ0) is 9.68. The molecule has 0 aromatic heterocycles. The molecule has 0 aliphatic rings. The third kappa shape index (κ3) is 3.38. The molecule has 1 aromatic rings. The maximum Gasteiger partial charge on any atom is 0.0295 e. The summed E-state index contributed by atoms with van der Waals surface area (Å²) in [6, 6.07) is 8.06. The van der Waals surface area contributed by atoms with Gasteiger partial charge in [0.2, 0.25) is 0 Å². The van der Waals surface area contributed by atoms with Gasteiger partial charge in [0, 0.05) is 10.9 Å². The Hall–Kier alpha value is -0.510. The minimum atomic E-state index is 0.109. The van der Waals surface area contributed by atoms with Crippen molar-refractivity contribution in [3.8, 4) is 0 Å². The number of thiol groups is 1. The summed E-state index contributed by atoms with van der Waals surface area (Å²) in [6.45, 7) is 0.707. The van der Waals surface area contributed by atoms with E-state index in [-0.39, 0.29) is 6.04 Å². The van der Waals surface area contributed by atoms with E-state index in [1.807, 2.05) is 24.3 Å². The largest absolute Gasteiger partial charge is 0.330 e. The molecule has 0 fully saturated rings. The van der Waals surface area contributed by atoms with Gasteiger partial charge in [0.05, 0.1) is 0 Å². The molecule has 3 heteroatoms. The van der Waals surface area contributed by atoms with Gasteiger partial charge < -0.3 is 11.5 Å². The molecular formula is C10H16N2S. The molecular weight excluding hydrogens is 180 g/mol. The molecule has 72 valence electrons. The summed E-state index contributed by atoms with van der Waals surface area (Å²) in [4.78, 5) is 0.967. The molecule has 0 amide bonds. The quantitative estimate of drug-likeness (QED) is 0.642. The maximum absolute atomic E-state index is 5.95. The average Bonchev–Trinajstić information content (AvgIpc) is 2.15. The van der Waals surface area contributed by atoms with E-state index in [9.17, 15) is 0 Å². The van der Waals surface area contributed by atoms with Gasteiger partial charge in [-0.15, -0.1) is 12.6 Å². The molecule has 0 aliphatic carbocycles. The van der Waals surface area contributed by atoms with Crippen LogP contribution in [0.4, 0.5) is 0 Å². The second-order valence-corrected chi connectivity index (χ2v) is 3.65. The van der Waals surface area contributed by atoms with Crippen LogP contribution in [0, 0.1) is 0 Å². The fraction of sp³-hybridized carbons (Fsp3) is 0.400. The molecule has 1 rings (SSSR count). The Balaban J connectivity index is 2.55. The van der Waals surface area contributed by atoms with Gasteiger partial charge in [-0.25, -0.2) is 0 Å². The van der Waals surface area contributed by atoms with Crippen LogP contribution in [0.2, 0.25) is 0 Å². The van der Waals surface area contributed by atoms with Crippen molar-refractivity contribution in [2.45, 2.75) is 23.8 Å². The molecule has 0 aliphatic heterocycles. The fourth-order valence-electron chi connectivity index (χ4n) is 1.23. The van der Waals surface area contributed by atoms with Gasteiger partial charge in [0.1, 0.15) is 0 Å². The second-order valence-electron chi connectivity index (χ2n) is 3.13. The van der Waals surface area contributed by atoms with Crippen molar-refractivity contribution >= 4 is 12.6 Å². The second kappa shape index (κ2) is 5.27. The Morgan fingerprint density at radius 1 is 1.23 bits per heavy atom. The van der Waals surface area contributed by atoms with Crippen molar-refractivity contribution in [3.05, 3.63) is 29.8 Å². The van der Waals surface area contributed by atoms with E-state index in [1.54, 1.807) is 0 Å². The van der Waals surface area contributed by atoms with Crippen LogP contribution in [0.5, 0.6) is 0 Å². The molecule has 13 heavy (non-hydrogen) atoms. The van der Waals surface area contributed by atoms with Crippen molar-refractivity contribution in [2.24, 2.45) is 11.5 Å². The van der Waals surface area contributed by atoms with E-state index in [0.29, 0.717) is 6.54 Å². The first kappa shape index (κ1) is 10.6. The topological polar surface area (TPSA) is 52.0 Å². The van der Waals surface area contributed by atoms with Gasteiger partial charge >= 0.3 is 0 Å². The molecule has 1 aromatic carbocycles. The highest BCUT2D eigenvalue weighted by Crippen LogP contribution is 2.17. The van der Waals surface area contributed by atoms with E-state index in [0.717, 1.165) is 23.3 Å². The van der Waals surface area contributed by atoms with E-state index < -0.39 is 0 Å². The number of benzene rings is 1. The molecule has 0 saturated heterocycles. The normalized spacial score (nSPS) is 12.8. The highest BCUT2D eigenvalue weighted by atomic mass is 32.1. The first-order valence-corrected chi connectivity index (χ1v) is 4.93. The van der Waals surface area contributed by atoms with Crippen LogP contribution >= 0.6 is 12.6 Å². The Labute approximate surface area is 84.7 Å². The van der Waals surface area contributed by atoms with Crippen molar-refractivity contribution < 1.29 is 0 Å². The van der Waals surface area contributed by atoms with Crippen LogP contribution < -0.4 is 11.5 Å². The lowest BCUT2D eigenvalue weighted by Gasteiger charge is -2.10. The van der Waals surface area contributed by atoms with Crippen LogP contribution in [-0.4, -0.2) is 6.54 Å². The summed E-state index contributed by atoms with van der Waals surface area (Å²) in [7, 11) is 0. The number of nitrogens with two attached hydrogens (primary N) is 2. The van der Waals surface area contributed by atoms with Crippen molar-refractivity contribution in [1.82, 2.24) is 0 Å². The number of rotatable bonds is 4. The molecule has 0 radical (unpaired) electrons. The smallest absolute Gasteiger partial charge is 0.0295 e. The first-order chi connectivity index (χ1) is 6.24. The van der Waals surface area contributed by atoms with Gasteiger partial charge in [-0.1, -0.05) is 12.1 Å². The summed E-state index contributed by atoms with van der Waals surface area (Å²) in [6.07, 6.45) is 1.92. The lowest BCUT2D eigenvalue weighted by molar-refractivity contribution is 0.617. The lowest BCUT2D eigenvalue weighted by atomic mass is 10.0. The highest BCUT2D eigenvalue weighted by molar-refractivity contribution is 7.80. The van der Waals surface area contributed by atoms with Crippen LogP contribution in [0.25, 0.3) is 0 Å². The summed E-state index contributed by atoms with van der Waals surface area (Å²) in [5.41, 5.74) is 12.5. The molecule has 0 spiro atoms. The number of hydrogen-bond acceptors (Lipinski definition) is 3. The Kier molecular flexibility index (Phi) is 4.28. The van der Waals surface area contributed by atoms with E-state index in [2.05, 4.69) is 12.6 Å². The first-order valence-electron chi connectivity index (χ1n) is 4.48. The summed E-state index contributed by atoms with van der Waals surface area (Å²) in [5.74, 6) is 0. The predicted molar refractivity (Wildman–Crippen MR) is 58.9 cm³/mol. The standard InChI is InChI=1S/C10H16N2S/c11-7-1-2-10(12)8-3-5-9(13)6-4-8/h3-6,10,13H,1-2,7,11-12H2. The summed E-state index contributed by atoms with van der Waals surface area (Å²) >= 11 is 4.21. The SMILES string of the molecule is NCCCC(N)c1ccc(S)cc1. The van der Waals surface area contributed by atoms with Gasteiger partial charge in [-0.2, -0.15) is 0 Å². The van der Waals surface area contributed by atoms with Crippen molar-refractivity contribution in [1.29, 1.82) is 0 Å². The zero-order valence-corrected chi connectivity index (χ0v) is 8.50. The van der Waals surface area contributed by atoms with Gasteiger partial charge in [0.15, 0.2) is 0 Å². The lowest BCUT2D eigenvalue weighted by Crippen LogP contribution is -2.12. The van der Waals surface area contributed by atoms with Gasteiger partial charge in [-0.05, 0) is 37.1 Å². The van der Waals surface area contributed by atoms with Crippen molar-refractivity contribution in [2.75, 3.05) is 6.54 Å². The Morgan fingerprint density at radius 2 is 1.85 bits per heavy atom. The molecule has 1 unspecified atom stereocenters. The highest BCUT2D eigenvalue weighted by Gasteiger charge is 2.03. The zero-order valence-electron chi connectivity index (χ0n) is 7.61. The summed E-state index contributed by atoms with van der Waals surface area (Å²) < 4.78 is 0. The molecule has 0 bridgehead atoms. The van der Waals surface area contributed by atoms with E-state index >= 15 is 0 Å². The third-order valence-electron chi connectivity index (χ3n) is 2.04. The van der Waals surface area contributed by atoms with Crippen LogP contribution in [-0.2, 0) is 0 Å².